The van der Waals surface area contributed by atoms with Gasteiger partial charge in [0.25, 0.3) is 0 Å². The molecule has 5 nitrogen and oxygen atoms in total. The van der Waals surface area contributed by atoms with Gasteiger partial charge in [-0.2, -0.15) is 0 Å². The van der Waals surface area contributed by atoms with E-state index < -0.39 is 0 Å². The number of aryl methyl sites for hydroxylation is 3. The predicted molar refractivity (Wildman–Crippen MR) is 189 cm³/mol. The summed E-state index contributed by atoms with van der Waals surface area (Å²) >= 11 is 0.855. The van der Waals surface area contributed by atoms with Gasteiger partial charge in [0, 0.05) is 17.3 Å². The van der Waals surface area contributed by atoms with Crippen molar-refractivity contribution in [1.82, 2.24) is 4.98 Å². The Hall–Kier alpha value is -3.61. The van der Waals surface area contributed by atoms with Gasteiger partial charge in [-0.25, -0.2) is 5.14 Å². The number of pyridine rings is 1. The lowest BCUT2D eigenvalue weighted by Gasteiger charge is -2.24. The number of hydrogen-bond acceptors (Lipinski definition) is 5. The summed E-state index contributed by atoms with van der Waals surface area (Å²) in [5.74, 6) is 1.41. The first kappa shape index (κ1) is 36.6. The Morgan fingerprint density at radius 1 is 0.841 bits per heavy atom. The van der Waals surface area contributed by atoms with Gasteiger partial charge in [-0.15, -0.1) is 0 Å². The van der Waals surface area contributed by atoms with E-state index in [0.717, 1.165) is 54.3 Å². The van der Waals surface area contributed by atoms with Gasteiger partial charge in [-0.1, -0.05) is 102 Å². The zero-order chi connectivity index (χ0) is 32.3. The number of carbonyl (C=O) groups excluding carboxylic acids is 1. The number of anilines is 1. The van der Waals surface area contributed by atoms with Crippen LogP contribution in [0.15, 0.2) is 97.1 Å². The molecule has 2 aliphatic carbocycles. The maximum absolute atomic E-state index is 13.6. The molecule has 4 aromatic rings. The van der Waals surface area contributed by atoms with E-state index >= 15 is 0 Å². The number of nitrogens with two attached hydrogens (primary N) is 1. The first-order chi connectivity index (χ1) is 21.6. The second-order valence-electron chi connectivity index (χ2n) is 9.85. The highest BCUT2D eigenvalue weighted by atomic mass is 32.2. The second kappa shape index (κ2) is 20.4. The number of fused-ring (bicyclic) bond motifs is 1. The summed E-state index contributed by atoms with van der Waals surface area (Å²) in [4.78, 5) is 20.2. The molecule has 6 rings (SSSR count). The molecule has 44 heavy (non-hydrogen) atoms. The third-order valence-electron chi connectivity index (χ3n) is 7.15. The van der Waals surface area contributed by atoms with Crippen molar-refractivity contribution >= 4 is 23.8 Å². The van der Waals surface area contributed by atoms with Crippen LogP contribution >= 0.6 is 12.2 Å². The topological polar surface area (TPSA) is 68.5 Å². The molecule has 0 aliphatic heterocycles. The maximum Gasteiger partial charge on any atom is 0.231 e. The summed E-state index contributed by atoms with van der Waals surface area (Å²) < 4.78 is 4.90. The summed E-state index contributed by atoms with van der Waals surface area (Å²) in [6, 6.07) is 32.4. The minimum absolute atomic E-state index is 0.0652. The largest absolute Gasteiger partial charge is 0.410 e. The molecule has 1 heterocycles. The monoisotopic (exact) mass is 613 g/mol. The lowest BCUT2D eigenvalue weighted by Crippen LogP contribution is -2.32. The average molecular weight is 614 g/mol. The van der Waals surface area contributed by atoms with Gasteiger partial charge in [-0.3, -0.25) is 9.78 Å². The maximum atomic E-state index is 13.6. The van der Waals surface area contributed by atoms with Gasteiger partial charge in [0.1, 0.15) is 18.0 Å². The van der Waals surface area contributed by atoms with Crippen molar-refractivity contribution < 1.29 is 8.98 Å². The standard InChI is InChI=1S/C26H26N2O.C6H7NOS.3C2H6/c1-18-7-5-12-22(27-18)17-28(23-14-13-19-10-6-11-21(19)15-23)26(29)25-16-24(25)20-8-3-2-4-9-20;7-9-8-6-4-2-1-3-5-6;3*1-2/h2-5,7-9,12-15,24-25H,6,10-11,16-17H2,1H3;1-5H,7H2;3*1-2H3/t24-,25+;;;;/m1..../s1. The first-order valence-electron chi connectivity index (χ1n) is 16.1. The number of para-hydroxylation sites is 1. The van der Waals surface area contributed by atoms with Gasteiger partial charge >= 0.3 is 0 Å². The minimum atomic E-state index is 0.0652. The molecule has 0 radical (unpaired) electrons. The highest BCUT2D eigenvalue weighted by Crippen LogP contribution is 2.49. The quantitative estimate of drug-likeness (QED) is 0.166. The predicted octanol–water partition coefficient (Wildman–Crippen LogP) is 9.88. The van der Waals surface area contributed by atoms with Crippen LogP contribution in [-0.4, -0.2) is 10.9 Å². The van der Waals surface area contributed by atoms with E-state index in [1.165, 1.54) is 23.1 Å². The molecule has 0 saturated heterocycles. The Morgan fingerprint density at radius 2 is 1.48 bits per heavy atom. The molecule has 2 aliphatic rings. The lowest BCUT2D eigenvalue weighted by molar-refractivity contribution is -0.120. The Bertz CT molecular complexity index is 1370. The van der Waals surface area contributed by atoms with E-state index in [9.17, 15) is 4.79 Å². The van der Waals surface area contributed by atoms with Gasteiger partial charge in [-0.05, 0) is 91.6 Å². The Kier molecular flexibility index (Phi) is 16.9. The van der Waals surface area contributed by atoms with E-state index in [1.54, 1.807) is 0 Å². The van der Waals surface area contributed by atoms with E-state index in [2.05, 4.69) is 47.4 Å². The number of nitrogens with zero attached hydrogens (tertiary/aromatic N) is 2. The van der Waals surface area contributed by atoms with Crippen LogP contribution in [0.4, 0.5) is 5.69 Å². The van der Waals surface area contributed by atoms with E-state index in [-0.39, 0.29) is 11.8 Å². The number of hydrogen-bond donors (Lipinski definition) is 1. The van der Waals surface area contributed by atoms with Crippen molar-refractivity contribution in [2.45, 2.75) is 86.6 Å². The van der Waals surface area contributed by atoms with Crippen molar-refractivity contribution in [2.24, 2.45) is 11.1 Å². The molecule has 2 atom stereocenters. The van der Waals surface area contributed by atoms with Crippen LogP contribution in [0, 0.1) is 12.8 Å². The third kappa shape index (κ3) is 10.8. The molecule has 1 fully saturated rings. The molecule has 0 bridgehead atoms. The van der Waals surface area contributed by atoms with Crippen molar-refractivity contribution in [3.8, 4) is 5.75 Å². The normalized spacial score (nSPS) is 15.2. The van der Waals surface area contributed by atoms with Crippen LogP contribution in [-0.2, 0) is 24.2 Å². The molecule has 3 aromatic carbocycles. The molecule has 0 spiro atoms. The SMILES string of the molecule is CC.CC.CC.Cc1cccc(CN(C(=O)[C@H]2C[C@@H]2c2ccccc2)c2ccc3c(c2)CCC3)n1.NSOc1ccccc1. The van der Waals surface area contributed by atoms with Crippen LogP contribution in [0.5, 0.6) is 5.75 Å². The molecular weight excluding hydrogens is 563 g/mol. The van der Waals surface area contributed by atoms with Crippen molar-refractivity contribution in [3.05, 3.63) is 125 Å². The van der Waals surface area contributed by atoms with Gasteiger partial charge in [0.15, 0.2) is 0 Å². The van der Waals surface area contributed by atoms with E-state index in [4.69, 9.17) is 9.32 Å². The summed E-state index contributed by atoms with van der Waals surface area (Å²) in [7, 11) is 0. The second-order valence-corrected chi connectivity index (χ2v) is 10.2. The van der Waals surface area contributed by atoms with Gasteiger partial charge < -0.3 is 9.08 Å². The highest BCUT2D eigenvalue weighted by molar-refractivity contribution is 7.92. The van der Waals surface area contributed by atoms with Crippen LogP contribution in [0.3, 0.4) is 0 Å². The fraction of sp³-hybridized carbons (Fsp3) is 0.368. The minimum Gasteiger partial charge on any atom is -0.410 e. The summed E-state index contributed by atoms with van der Waals surface area (Å²) in [6.07, 6.45) is 4.42. The Balaban J connectivity index is 0.000000379. The molecule has 6 heteroatoms. The number of aromatic nitrogens is 1. The first-order valence-corrected chi connectivity index (χ1v) is 16.9. The molecule has 0 unspecified atom stereocenters. The summed E-state index contributed by atoms with van der Waals surface area (Å²) in [5, 5.41) is 5.05. The molecule has 2 N–H and O–H groups in total. The van der Waals surface area contributed by atoms with Crippen LogP contribution < -0.4 is 14.2 Å². The number of benzene rings is 3. The summed E-state index contributed by atoms with van der Waals surface area (Å²) in [6.45, 7) is 14.5. The average Bonchev–Trinajstić information content (AvgIpc) is 3.76. The summed E-state index contributed by atoms with van der Waals surface area (Å²) in [5.41, 5.74) is 7.04. The fourth-order valence-corrected chi connectivity index (χ4v) is 5.36. The fourth-order valence-electron chi connectivity index (χ4n) is 5.14. The zero-order valence-corrected chi connectivity index (χ0v) is 28.4. The molecule has 1 aromatic heterocycles. The highest BCUT2D eigenvalue weighted by Gasteiger charge is 2.46. The van der Waals surface area contributed by atoms with Crippen molar-refractivity contribution in [1.29, 1.82) is 0 Å². The van der Waals surface area contributed by atoms with Crippen LogP contribution in [0.25, 0.3) is 0 Å². The van der Waals surface area contributed by atoms with Crippen molar-refractivity contribution in [2.75, 3.05) is 4.90 Å². The molecule has 1 saturated carbocycles. The number of rotatable bonds is 7. The number of amides is 1. The number of carbonyl (C=O) groups is 1. The van der Waals surface area contributed by atoms with Crippen molar-refractivity contribution in [3.63, 3.8) is 0 Å². The third-order valence-corrected chi connectivity index (χ3v) is 7.44. The van der Waals surface area contributed by atoms with E-state index in [0.29, 0.717) is 12.5 Å². The molecule has 236 valence electrons. The molecular formula is C38H51N3O2S. The Morgan fingerprint density at radius 3 is 2.11 bits per heavy atom. The lowest BCUT2D eigenvalue weighted by atomic mass is 10.1. The van der Waals surface area contributed by atoms with Crippen LogP contribution in [0.2, 0.25) is 0 Å². The van der Waals surface area contributed by atoms with Crippen LogP contribution in [0.1, 0.15) is 88.4 Å². The van der Waals surface area contributed by atoms with Gasteiger partial charge in [0.05, 0.1) is 12.2 Å². The molecule has 1 amide bonds. The zero-order valence-electron chi connectivity index (χ0n) is 27.6. The Labute approximate surface area is 270 Å². The smallest absolute Gasteiger partial charge is 0.231 e. The van der Waals surface area contributed by atoms with E-state index in [1.807, 2.05) is 108 Å². The van der Waals surface area contributed by atoms with Gasteiger partial charge in [0.2, 0.25) is 5.91 Å².